The smallest absolute Gasteiger partial charge is 0.236 e. The van der Waals surface area contributed by atoms with Crippen LogP contribution in [-0.4, -0.2) is 83.5 Å². The molecule has 0 saturated carbocycles. The van der Waals surface area contributed by atoms with Crippen LogP contribution in [0, 0.1) is 0 Å². The normalized spacial score (nSPS) is 15.6. The first kappa shape index (κ1) is 19.5. The lowest BCUT2D eigenvalue weighted by Gasteiger charge is -2.22. The molecule has 2 aromatic heterocycles. The van der Waals surface area contributed by atoms with Crippen molar-refractivity contribution in [3.63, 3.8) is 0 Å². The number of thiophene rings is 1. The van der Waals surface area contributed by atoms with Crippen LogP contribution in [0.1, 0.15) is 18.7 Å². The molecule has 0 aliphatic carbocycles. The summed E-state index contributed by atoms with van der Waals surface area (Å²) >= 11 is 1.58. The van der Waals surface area contributed by atoms with Gasteiger partial charge in [-0.25, -0.2) is 0 Å². The highest BCUT2D eigenvalue weighted by Gasteiger charge is 2.21. The second kappa shape index (κ2) is 9.09. The summed E-state index contributed by atoms with van der Waals surface area (Å²) in [5, 5.41) is 7.89. The van der Waals surface area contributed by atoms with Crippen molar-refractivity contribution in [2.45, 2.75) is 19.3 Å². The summed E-state index contributed by atoms with van der Waals surface area (Å²) < 4.78 is 5.26. The zero-order valence-corrected chi connectivity index (χ0v) is 16.6. The first-order chi connectivity index (χ1) is 13.0. The predicted octanol–water partition coefficient (Wildman–Crippen LogP) is 1.35. The van der Waals surface area contributed by atoms with E-state index in [1.165, 1.54) is 0 Å². The van der Waals surface area contributed by atoms with Crippen LogP contribution < -0.4 is 0 Å². The van der Waals surface area contributed by atoms with Crippen molar-refractivity contribution in [2.75, 3.05) is 46.8 Å². The van der Waals surface area contributed by atoms with Crippen molar-refractivity contribution >= 4 is 23.2 Å². The van der Waals surface area contributed by atoms with Gasteiger partial charge >= 0.3 is 0 Å². The van der Waals surface area contributed by atoms with Gasteiger partial charge in [0.05, 0.1) is 6.54 Å². The summed E-state index contributed by atoms with van der Waals surface area (Å²) in [5.41, 5.74) is 0.932. The maximum Gasteiger partial charge on any atom is 0.236 e. The third-order valence-corrected chi connectivity index (χ3v) is 5.28. The molecule has 0 bridgehead atoms. The monoisotopic (exact) mass is 391 g/mol. The molecule has 0 aromatic carbocycles. The Morgan fingerprint density at radius 3 is 2.85 bits per heavy atom. The van der Waals surface area contributed by atoms with E-state index < -0.39 is 0 Å². The summed E-state index contributed by atoms with van der Waals surface area (Å²) in [7, 11) is 3.52. The molecule has 3 heterocycles. The number of rotatable bonds is 6. The number of hydrogen-bond acceptors (Lipinski definition) is 7. The average Bonchev–Trinajstić information content (AvgIpc) is 3.28. The summed E-state index contributed by atoms with van der Waals surface area (Å²) in [4.78, 5) is 34.3. The van der Waals surface area contributed by atoms with Crippen molar-refractivity contribution in [1.82, 2.24) is 24.8 Å². The van der Waals surface area contributed by atoms with Crippen molar-refractivity contribution in [3.05, 3.63) is 22.7 Å². The molecule has 9 heteroatoms. The molecule has 8 nitrogen and oxygen atoms in total. The fraction of sp³-hybridized carbons (Fsp3) is 0.556. The van der Waals surface area contributed by atoms with Gasteiger partial charge in [0.25, 0.3) is 0 Å². The molecule has 1 fully saturated rings. The molecule has 146 valence electrons. The molecular formula is C18H25N5O3S. The Bertz CT molecular complexity index is 759. The molecule has 1 aliphatic heterocycles. The number of aryl methyl sites for hydroxylation is 1. The zero-order valence-electron chi connectivity index (χ0n) is 15.8. The highest BCUT2D eigenvalue weighted by atomic mass is 32.1. The second-order valence-corrected chi connectivity index (χ2v) is 7.60. The number of nitrogens with zero attached hydrogens (tertiary/aromatic N) is 5. The van der Waals surface area contributed by atoms with Gasteiger partial charge in [0.2, 0.25) is 23.5 Å². The maximum absolute atomic E-state index is 12.5. The standard InChI is InChI=1S/C18H25N5O3S/c1-21(2)17(25)12-22-7-3-8-23(10-9-22)16(24)5-4-15-19-18(20-26-15)14-6-11-27-13-14/h6,11,13H,3-5,7-10,12H2,1-2H3. The van der Waals surface area contributed by atoms with Crippen molar-refractivity contribution in [3.8, 4) is 11.4 Å². The van der Waals surface area contributed by atoms with Gasteiger partial charge in [-0.15, -0.1) is 0 Å². The van der Waals surface area contributed by atoms with E-state index in [9.17, 15) is 9.59 Å². The van der Waals surface area contributed by atoms with E-state index in [0.717, 1.165) is 25.1 Å². The van der Waals surface area contributed by atoms with Gasteiger partial charge in [0.15, 0.2) is 0 Å². The fourth-order valence-corrected chi connectivity index (χ4v) is 3.58. The van der Waals surface area contributed by atoms with Crippen LogP contribution in [0.4, 0.5) is 0 Å². The number of aromatic nitrogens is 2. The molecule has 0 unspecified atom stereocenters. The maximum atomic E-state index is 12.5. The Labute approximate surface area is 162 Å². The molecular weight excluding hydrogens is 366 g/mol. The van der Waals surface area contributed by atoms with Gasteiger partial charge in [-0.05, 0) is 17.9 Å². The van der Waals surface area contributed by atoms with Crippen molar-refractivity contribution in [2.24, 2.45) is 0 Å². The minimum Gasteiger partial charge on any atom is -0.348 e. The van der Waals surface area contributed by atoms with Crippen LogP contribution in [-0.2, 0) is 16.0 Å². The summed E-state index contributed by atoms with van der Waals surface area (Å²) in [6, 6.07) is 1.94. The second-order valence-electron chi connectivity index (χ2n) is 6.82. The zero-order chi connectivity index (χ0) is 19.2. The Hall–Kier alpha value is -2.26. The number of likely N-dealkylation sites (N-methyl/N-ethyl adjacent to an activating group) is 1. The predicted molar refractivity (Wildman–Crippen MR) is 102 cm³/mol. The summed E-state index contributed by atoms with van der Waals surface area (Å²) in [6.07, 6.45) is 1.66. The van der Waals surface area contributed by atoms with E-state index in [1.807, 2.05) is 21.7 Å². The van der Waals surface area contributed by atoms with Crippen LogP contribution in [0.5, 0.6) is 0 Å². The topological polar surface area (TPSA) is 82.8 Å². The van der Waals surface area contributed by atoms with E-state index in [4.69, 9.17) is 4.52 Å². The highest BCUT2D eigenvalue weighted by molar-refractivity contribution is 7.08. The number of amides is 2. The Morgan fingerprint density at radius 1 is 1.26 bits per heavy atom. The lowest BCUT2D eigenvalue weighted by atomic mass is 10.2. The van der Waals surface area contributed by atoms with Crippen LogP contribution >= 0.6 is 11.3 Å². The average molecular weight is 391 g/mol. The minimum atomic E-state index is 0.0890. The lowest BCUT2D eigenvalue weighted by Crippen LogP contribution is -2.39. The molecule has 27 heavy (non-hydrogen) atoms. The van der Waals surface area contributed by atoms with Crippen LogP contribution in [0.3, 0.4) is 0 Å². The number of hydrogen-bond donors (Lipinski definition) is 0. The third-order valence-electron chi connectivity index (χ3n) is 4.60. The van der Waals surface area contributed by atoms with Gasteiger partial charge in [-0.1, -0.05) is 5.16 Å². The van der Waals surface area contributed by atoms with E-state index in [-0.39, 0.29) is 11.8 Å². The quantitative estimate of drug-likeness (QED) is 0.739. The molecule has 0 N–H and O–H groups in total. The van der Waals surface area contributed by atoms with Gasteiger partial charge in [-0.3, -0.25) is 14.5 Å². The summed E-state index contributed by atoms with van der Waals surface area (Å²) in [6.45, 7) is 3.31. The van der Waals surface area contributed by atoms with Gasteiger partial charge < -0.3 is 14.3 Å². The first-order valence-electron chi connectivity index (χ1n) is 9.08. The summed E-state index contributed by atoms with van der Waals surface area (Å²) in [5.74, 6) is 1.23. The number of carbonyl (C=O) groups is 2. The van der Waals surface area contributed by atoms with Crippen LogP contribution in [0.2, 0.25) is 0 Å². The molecule has 0 spiro atoms. The molecule has 1 saturated heterocycles. The van der Waals surface area contributed by atoms with Crippen molar-refractivity contribution < 1.29 is 14.1 Å². The highest BCUT2D eigenvalue weighted by Crippen LogP contribution is 2.19. The van der Waals surface area contributed by atoms with Gasteiger partial charge in [0, 0.05) is 64.1 Å². The SMILES string of the molecule is CN(C)C(=O)CN1CCCN(C(=O)CCc2nc(-c3ccsc3)no2)CC1. The van der Waals surface area contributed by atoms with E-state index in [0.29, 0.717) is 44.2 Å². The van der Waals surface area contributed by atoms with Crippen LogP contribution in [0.15, 0.2) is 21.3 Å². The fourth-order valence-electron chi connectivity index (χ4n) is 2.95. The molecule has 0 radical (unpaired) electrons. The third kappa shape index (κ3) is 5.36. The molecule has 2 amide bonds. The van der Waals surface area contributed by atoms with E-state index >= 15 is 0 Å². The van der Waals surface area contributed by atoms with E-state index in [2.05, 4.69) is 15.0 Å². The van der Waals surface area contributed by atoms with E-state index in [1.54, 1.807) is 30.3 Å². The number of carbonyl (C=O) groups excluding carboxylic acids is 2. The van der Waals surface area contributed by atoms with Gasteiger partial charge in [-0.2, -0.15) is 16.3 Å². The Balaban J connectivity index is 1.46. The molecule has 0 atom stereocenters. The lowest BCUT2D eigenvalue weighted by molar-refractivity contribution is -0.131. The Kier molecular flexibility index (Phi) is 6.57. The van der Waals surface area contributed by atoms with Gasteiger partial charge in [0.1, 0.15) is 0 Å². The first-order valence-corrected chi connectivity index (χ1v) is 10.0. The van der Waals surface area contributed by atoms with Crippen molar-refractivity contribution in [1.29, 1.82) is 0 Å². The van der Waals surface area contributed by atoms with Crippen LogP contribution in [0.25, 0.3) is 11.4 Å². The largest absolute Gasteiger partial charge is 0.348 e. The molecule has 1 aliphatic rings. The molecule has 3 rings (SSSR count). The Morgan fingerprint density at radius 2 is 2.11 bits per heavy atom. The molecule has 2 aromatic rings. The minimum absolute atomic E-state index is 0.0890.